The largest absolute Gasteiger partial charge is 0.353 e. The van der Waals surface area contributed by atoms with Gasteiger partial charge in [-0.3, -0.25) is 4.79 Å². The molecule has 0 aromatic heterocycles. The molecular weight excluding hydrogens is 350 g/mol. The molecule has 3 amide bonds. The highest BCUT2D eigenvalue weighted by Crippen LogP contribution is 2.35. The first kappa shape index (κ1) is 19.0. The Morgan fingerprint density at radius 1 is 1.08 bits per heavy atom. The standard InChI is InChI=1S/C20H28ClN3O2/c1-20(2,3)18(25)22-15-11-16-5-4-6-17(12-15)24(16)19(26)23-14-9-7-13(21)8-10-14/h7-10,15-17H,4-6,11-12H2,1-3H3,(H,22,25)(H,23,26)/t16-,17-/m1/s1. The molecule has 142 valence electrons. The van der Waals surface area contributed by atoms with Crippen LogP contribution in [0.1, 0.15) is 52.9 Å². The van der Waals surface area contributed by atoms with Crippen molar-refractivity contribution < 1.29 is 9.59 Å². The summed E-state index contributed by atoms with van der Waals surface area (Å²) < 4.78 is 0. The first-order chi connectivity index (χ1) is 12.2. The van der Waals surface area contributed by atoms with Crippen LogP contribution in [-0.2, 0) is 4.79 Å². The maximum atomic E-state index is 12.8. The van der Waals surface area contributed by atoms with E-state index in [-0.39, 0.29) is 30.1 Å². The smallest absolute Gasteiger partial charge is 0.322 e. The van der Waals surface area contributed by atoms with Crippen LogP contribution in [-0.4, -0.2) is 35.0 Å². The fourth-order valence-electron chi connectivity index (χ4n) is 3.95. The molecule has 2 fully saturated rings. The number of carbonyl (C=O) groups excluding carboxylic acids is 2. The van der Waals surface area contributed by atoms with Crippen LogP contribution < -0.4 is 10.6 Å². The van der Waals surface area contributed by atoms with E-state index in [4.69, 9.17) is 11.6 Å². The minimum atomic E-state index is -0.391. The molecule has 1 aromatic carbocycles. The summed E-state index contributed by atoms with van der Waals surface area (Å²) in [6.45, 7) is 5.79. The zero-order chi connectivity index (χ0) is 18.9. The quantitative estimate of drug-likeness (QED) is 0.801. The van der Waals surface area contributed by atoms with Gasteiger partial charge >= 0.3 is 6.03 Å². The molecule has 2 aliphatic rings. The number of rotatable bonds is 2. The molecule has 5 nitrogen and oxygen atoms in total. The molecule has 2 heterocycles. The van der Waals surface area contributed by atoms with Crippen LogP contribution >= 0.6 is 11.6 Å². The van der Waals surface area contributed by atoms with Crippen LogP contribution in [0.5, 0.6) is 0 Å². The lowest BCUT2D eigenvalue weighted by Gasteiger charge is -2.49. The topological polar surface area (TPSA) is 61.4 Å². The van der Waals surface area contributed by atoms with Gasteiger partial charge in [0.1, 0.15) is 0 Å². The van der Waals surface area contributed by atoms with Gasteiger partial charge in [-0.1, -0.05) is 32.4 Å². The zero-order valence-corrected chi connectivity index (χ0v) is 16.5. The lowest BCUT2D eigenvalue weighted by Crippen LogP contribution is -2.60. The van der Waals surface area contributed by atoms with Crippen molar-refractivity contribution in [3.63, 3.8) is 0 Å². The van der Waals surface area contributed by atoms with Crippen molar-refractivity contribution in [1.82, 2.24) is 10.2 Å². The van der Waals surface area contributed by atoms with E-state index in [2.05, 4.69) is 10.6 Å². The lowest BCUT2D eigenvalue weighted by molar-refractivity contribution is -0.129. The Morgan fingerprint density at radius 2 is 1.65 bits per heavy atom. The zero-order valence-electron chi connectivity index (χ0n) is 15.7. The number of amides is 3. The van der Waals surface area contributed by atoms with Crippen molar-refractivity contribution in [2.45, 2.75) is 71.0 Å². The normalized spacial score (nSPS) is 25.5. The number of hydrogen-bond acceptors (Lipinski definition) is 2. The van der Waals surface area contributed by atoms with Gasteiger partial charge in [0.05, 0.1) is 0 Å². The number of piperidine rings is 2. The van der Waals surface area contributed by atoms with Gasteiger partial charge in [0.25, 0.3) is 0 Å². The fraction of sp³-hybridized carbons (Fsp3) is 0.600. The monoisotopic (exact) mass is 377 g/mol. The summed E-state index contributed by atoms with van der Waals surface area (Å²) >= 11 is 5.91. The van der Waals surface area contributed by atoms with Gasteiger partial charge in [-0.25, -0.2) is 4.79 Å². The van der Waals surface area contributed by atoms with Crippen LogP contribution in [0, 0.1) is 5.41 Å². The predicted octanol–water partition coefficient (Wildman–Crippen LogP) is 4.42. The average Bonchev–Trinajstić information content (AvgIpc) is 2.55. The molecule has 1 aromatic rings. The van der Waals surface area contributed by atoms with Gasteiger partial charge in [-0.15, -0.1) is 0 Å². The average molecular weight is 378 g/mol. The summed E-state index contributed by atoms with van der Waals surface area (Å²) in [7, 11) is 0. The Kier molecular flexibility index (Phi) is 5.47. The van der Waals surface area contributed by atoms with E-state index < -0.39 is 5.41 Å². The van der Waals surface area contributed by atoms with E-state index in [0.29, 0.717) is 5.02 Å². The minimum Gasteiger partial charge on any atom is -0.353 e. The van der Waals surface area contributed by atoms with E-state index in [1.54, 1.807) is 12.1 Å². The number of anilines is 1. The van der Waals surface area contributed by atoms with Crippen molar-refractivity contribution >= 4 is 29.2 Å². The summed E-state index contributed by atoms with van der Waals surface area (Å²) in [6.07, 6.45) is 4.78. The molecule has 0 aliphatic carbocycles. The molecule has 2 atom stereocenters. The molecule has 0 spiro atoms. The van der Waals surface area contributed by atoms with Gasteiger partial charge in [0.15, 0.2) is 0 Å². The van der Waals surface area contributed by atoms with E-state index >= 15 is 0 Å². The van der Waals surface area contributed by atoms with Crippen molar-refractivity contribution in [1.29, 1.82) is 0 Å². The molecule has 0 saturated carbocycles. The third-order valence-electron chi connectivity index (χ3n) is 5.32. The van der Waals surface area contributed by atoms with Crippen LogP contribution in [0.2, 0.25) is 5.02 Å². The van der Waals surface area contributed by atoms with Crippen LogP contribution in [0.3, 0.4) is 0 Å². The van der Waals surface area contributed by atoms with Crippen LogP contribution in [0.15, 0.2) is 24.3 Å². The van der Waals surface area contributed by atoms with E-state index in [1.807, 2.05) is 37.8 Å². The predicted molar refractivity (Wildman–Crippen MR) is 104 cm³/mol. The summed E-state index contributed by atoms with van der Waals surface area (Å²) in [5, 5.41) is 6.83. The van der Waals surface area contributed by atoms with Crippen molar-refractivity contribution in [3.8, 4) is 0 Å². The number of halogens is 1. The number of nitrogens with one attached hydrogen (secondary N) is 2. The Labute approximate surface area is 160 Å². The van der Waals surface area contributed by atoms with E-state index in [0.717, 1.165) is 37.8 Å². The number of urea groups is 1. The summed E-state index contributed by atoms with van der Waals surface area (Å²) in [4.78, 5) is 27.2. The highest BCUT2D eigenvalue weighted by Gasteiger charge is 2.41. The maximum Gasteiger partial charge on any atom is 0.322 e. The molecule has 6 heteroatoms. The van der Waals surface area contributed by atoms with Gasteiger partial charge in [0, 0.05) is 34.3 Å². The third-order valence-corrected chi connectivity index (χ3v) is 5.57. The van der Waals surface area contributed by atoms with Gasteiger partial charge in [-0.2, -0.15) is 0 Å². The van der Waals surface area contributed by atoms with Crippen LogP contribution in [0.4, 0.5) is 10.5 Å². The number of benzene rings is 1. The number of carbonyl (C=O) groups is 2. The molecule has 3 rings (SSSR count). The molecular formula is C20H28ClN3O2. The number of hydrogen-bond donors (Lipinski definition) is 2. The van der Waals surface area contributed by atoms with Crippen LogP contribution in [0.25, 0.3) is 0 Å². The maximum absolute atomic E-state index is 12.8. The third kappa shape index (κ3) is 4.32. The molecule has 0 unspecified atom stereocenters. The van der Waals surface area contributed by atoms with Gasteiger partial charge in [0.2, 0.25) is 5.91 Å². The van der Waals surface area contributed by atoms with Crippen molar-refractivity contribution in [3.05, 3.63) is 29.3 Å². The van der Waals surface area contributed by atoms with Gasteiger partial charge in [-0.05, 0) is 56.4 Å². The molecule has 2 bridgehead atoms. The summed E-state index contributed by atoms with van der Waals surface area (Å²) in [5.74, 6) is 0.0830. The molecule has 2 saturated heterocycles. The molecule has 26 heavy (non-hydrogen) atoms. The van der Waals surface area contributed by atoms with E-state index in [1.165, 1.54) is 0 Å². The molecule has 2 N–H and O–H groups in total. The van der Waals surface area contributed by atoms with Gasteiger partial charge < -0.3 is 15.5 Å². The summed E-state index contributed by atoms with van der Waals surface area (Å²) in [5.41, 5.74) is 0.360. The number of fused-ring (bicyclic) bond motifs is 2. The second-order valence-corrected chi connectivity index (χ2v) is 8.91. The fourth-order valence-corrected chi connectivity index (χ4v) is 4.08. The Balaban J connectivity index is 1.65. The second-order valence-electron chi connectivity index (χ2n) is 8.47. The number of nitrogens with zero attached hydrogens (tertiary/aromatic N) is 1. The first-order valence-corrected chi connectivity index (χ1v) is 9.77. The molecule has 0 radical (unpaired) electrons. The molecule has 2 aliphatic heterocycles. The first-order valence-electron chi connectivity index (χ1n) is 9.40. The van der Waals surface area contributed by atoms with Crippen molar-refractivity contribution in [2.75, 3.05) is 5.32 Å². The lowest BCUT2D eigenvalue weighted by atomic mass is 9.81. The Hall–Kier alpha value is -1.75. The van der Waals surface area contributed by atoms with Crippen molar-refractivity contribution in [2.24, 2.45) is 5.41 Å². The minimum absolute atomic E-state index is 0.0531. The SMILES string of the molecule is CC(C)(C)C(=O)NC1C[C@H]2CCC[C@H](C1)N2C(=O)Nc1ccc(Cl)cc1. The summed E-state index contributed by atoms with van der Waals surface area (Å²) in [6, 6.07) is 7.62. The highest BCUT2D eigenvalue weighted by atomic mass is 35.5. The Morgan fingerprint density at radius 3 is 2.19 bits per heavy atom. The highest BCUT2D eigenvalue weighted by molar-refractivity contribution is 6.30. The van der Waals surface area contributed by atoms with E-state index in [9.17, 15) is 9.59 Å². The Bertz CT molecular complexity index is 655. The second kappa shape index (κ2) is 7.47.